The van der Waals surface area contributed by atoms with Gasteiger partial charge in [-0.1, -0.05) is 55.4 Å². The zero-order valence-corrected chi connectivity index (χ0v) is 21.2. The maximum absolute atomic E-state index is 13.1. The first-order valence-corrected chi connectivity index (χ1v) is 12.3. The SMILES string of the molecule is CC(C)c1ccc(-c2nc(-c3cccc(NC(=O)Cn4c(-c5nonc5N)nc5ccccc54)c3)no2)cc1. The van der Waals surface area contributed by atoms with Crippen LogP contribution in [-0.4, -0.2) is 35.9 Å². The molecule has 0 radical (unpaired) electrons. The number of nitrogens with one attached hydrogen (secondary N) is 1. The summed E-state index contributed by atoms with van der Waals surface area (Å²) >= 11 is 0. The second kappa shape index (κ2) is 9.86. The molecule has 6 aromatic rings. The highest BCUT2D eigenvalue weighted by Gasteiger charge is 2.21. The van der Waals surface area contributed by atoms with Gasteiger partial charge >= 0.3 is 0 Å². The number of para-hydroxylation sites is 2. The number of hydrogen-bond donors (Lipinski definition) is 2. The van der Waals surface area contributed by atoms with Crippen LogP contribution in [0.4, 0.5) is 11.5 Å². The van der Waals surface area contributed by atoms with Gasteiger partial charge in [0.25, 0.3) is 5.89 Å². The van der Waals surface area contributed by atoms with Crippen molar-refractivity contribution in [2.75, 3.05) is 11.1 Å². The highest BCUT2D eigenvalue weighted by atomic mass is 16.6. The molecule has 0 aliphatic carbocycles. The number of anilines is 2. The van der Waals surface area contributed by atoms with E-state index >= 15 is 0 Å². The molecule has 0 bridgehead atoms. The van der Waals surface area contributed by atoms with Crippen molar-refractivity contribution in [2.24, 2.45) is 0 Å². The highest BCUT2D eigenvalue weighted by Crippen LogP contribution is 2.28. The number of benzene rings is 3. The van der Waals surface area contributed by atoms with E-state index < -0.39 is 0 Å². The second-order valence-electron chi connectivity index (χ2n) is 9.34. The summed E-state index contributed by atoms with van der Waals surface area (Å²) in [6.45, 7) is 4.25. The Bertz CT molecular complexity index is 1780. The average molecular weight is 521 g/mol. The van der Waals surface area contributed by atoms with E-state index in [1.54, 1.807) is 16.7 Å². The third kappa shape index (κ3) is 4.73. The van der Waals surface area contributed by atoms with Gasteiger partial charge in [-0.25, -0.2) is 9.61 Å². The summed E-state index contributed by atoms with van der Waals surface area (Å²) in [4.78, 5) is 22.3. The van der Waals surface area contributed by atoms with Crippen LogP contribution in [0.15, 0.2) is 81.9 Å². The summed E-state index contributed by atoms with van der Waals surface area (Å²) in [5.74, 6) is 1.49. The van der Waals surface area contributed by atoms with Gasteiger partial charge < -0.3 is 20.1 Å². The molecule has 3 heterocycles. The van der Waals surface area contributed by atoms with Crippen molar-refractivity contribution in [3.05, 3.63) is 78.4 Å². The fraction of sp³-hybridized carbons (Fsp3) is 0.143. The monoisotopic (exact) mass is 520 g/mol. The minimum atomic E-state index is -0.273. The smallest absolute Gasteiger partial charge is 0.258 e. The summed E-state index contributed by atoms with van der Waals surface area (Å²) in [6.07, 6.45) is 0. The number of nitrogens with two attached hydrogens (primary N) is 1. The van der Waals surface area contributed by atoms with Crippen LogP contribution >= 0.6 is 0 Å². The topological polar surface area (TPSA) is 151 Å². The molecule has 0 fully saturated rings. The Morgan fingerprint density at radius 1 is 0.949 bits per heavy atom. The van der Waals surface area contributed by atoms with E-state index in [2.05, 4.69) is 56.7 Å². The third-order valence-electron chi connectivity index (χ3n) is 6.34. The van der Waals surface area contributed by atoms with Gasteiger partial charge in [-0.15, -0.1) is 0 Å². The molecule has 194 valence electrons. The van der Waals surface area contributed by atoms with E-state index in [1.165, 1.54) is 5.56 Å². The third-order valence-corrected chi connectivity index (χ3v) is 6.34. The largest absolute Gasteiger partial charge is 0.379 e. The Balaban J connectivity index is 1.22. The van der Waals surface area contributed by atoms with Gasteiger partial charge in [-0.3, -0.25) is 4.79 Å². The van der Waals surface area contributed by atoms with Crippen LogP contribution in [0.25, 0.3) is 45.4 Å². The van der Waals surface area contributed by atoms with Crippen LogP contribution in [-0.2, 0) is 11.3 Å². The number of nitrogen functional groups attached to an aromatic ring is 1. The Hall–Kier alpha value is -5.32. The van der Waals surface area contributed by atoms with Crippen LogP contribution in [0.2, 0.25) is 0 Å². The molecule has 3 aromatic carbocycles. The number of rotatable bonds is 7. The van der Waals surface area contributed by atoms with Crippen LogP contribution in [0.1, 0.15) is 25.3 Å². The van der Waals surface area contributed by atoms with Crippen molar-refractivity contribution in [3.8, 4) is 34.4 Å². The van der Waals surface area contributed by atoms with E-state index in [1.807, 2.05) is 48.5 Å². The molecule has 39 heavy (non-hydrogen) atoms. The summed E-state index contributed by atoms with van der Waals surface area (Å²) in [5.41, 5.74) is 11.0. The fourth-order valence-electron chi connectivity index (χ4n) is 4.32. The number of nitrogens with zero attached hydrogens (tertiary/aromatic N) is 6. The van der Waals surface area contributed by atoms with E-state index in [0.717, 1.165) is 11.1 Å². The number of amides is 1. The zero-order valence-electron chi connectivity index (χ0n) is 21.2. The molecule has 0 saturated carbocycles. The molecule has 1 amide bonds. The van der Waals surface area contributed by atoms with Crippen molar-refractivity contribution >= 4 is 28.4 Å². The Morgan fingerprint density at radius 3 is 2.54 bits per heavy atom. The molecular weight excluding hydrogens is 496 g/mol. The van der Waals surface area contributed by atoms with Crippen molar-refractivity contribution in [2.45, 2.75) is 26.3 Å². The van der Waals surface area contributed by atoms with Gasteiger partial charge in [0.1, 0.15) is 6.54 Å². The molecule has 0 aliphatic heterocycles. The summed E-state index contributed by atoms with van der Waals surface area (Å²) in [6, 6.07) is 22.8. The molecule has 3 aromatic heterocycles. The number of hydrogen-bond acceptors (Lipinski definition) is 9. The summed E-state index contributed by atoms with van der Waals surface area (Å²) < 4.78 is 12.0. The molecule has 0 atom stereocenters. The first-order chi connectivity index (χ1) is 19.0. The Morgan fingerprint density at radius 2 is 1.77 bits per heavy atom. The van der Waals surface area contributed by atoms with E-state index in [-0.39, 0.29) is 24.0 Å². The zero-order chi connectivity index (χ0) is 26.9. The van der Waals surface area contributed by atoms with Crippen LogP contribution < -0.4 is 11.1 Å². The van der Waals surface area contributed by atoms with Crippen molar-refractivity contribution in [3.63, 3.8) is 0 Å². The Kier molecular flexibility index (Phi) is 6.08. The van der Waals surface area contributed by atoms with Gasteiger partial charge in [-0.05, 0) is 58.2 Å². The van der Waals surface area contributed by atoms with Crippen molar-refractivity contribution < 1.29 is 13.9 Å². The number of aromatic nitrogens is 6. The van der Waals surface area contributed by atoms with Gasteiger partial charge in [0.15, 0.2) is 17.3 Å². The molecule has 3 N–H and O–H groups in total. The van der Waals surface area contributed by atoms with E-state index in [9.17, 15) is 4.79 Å². The highest BCUT2D eigenvalue weighted by molar-refractivity contribution is 5.93. The van der Waals surface area contributed by atoms with Gasteiger partial charge in [0, 0.05) is 16.8 Å². The quantitative estimate of drug-likeness (QED) is 0.291. The molecular formula is C28H24N8O3. The predicted octanol–water partition coefficient (Wildman–Crippen LogP) is 5.15. The van der Waals surface area contributed by atoms with Crippen LogP contribution in [0.5, 0.6) is 0 Å². The first-order valence-electron chi connectivity index (χ1n) is 12.3. The van der Waals surface area contributed by atoms with Crippen LogP contribution in [0, 0.1) is 0 Å². The minimum Gasteiger partial charge on any atom is -0.379 e. The molecule has 0 saturated heterocycles. The lowest BCUT2D eigenvalue weighted by atomic mass is 10.0. The maximum atomic E-state index is 13.1. The van der Waals surface area contributed by atoms with Crippen molar-refractivity contribution in [1.82, 2.24) is 30.0 Å². The fourth-order valence-corrected chi connectivity index (χ4v) is 4.32. The second-order valence-corrected chi connectivity index (χ2v) is 9.34. The standard InChI is InChI=1S/C28H24N8O3/c1-16(2)17-10-12-18(13-11-17)28-32-26(35-38-28)19-6-5-7-20(14-19)30-23(37)15-36-22-9-4-3-8-21(22)31-27(36)24-25(29)34-39-33-24/h3-14,16H,15H2,1-2H3,(H2,29,34)(H,30,37). The van der Waals surface area contributed by atoms with Gasteiger partial charge in [-0.2, -0.15) is 4.98 Å². The molecule has 0 spiro atoms. The molecule has 6 rings (SSSR count). The van der Waals surface area contributed by atoms with Crippen LogP contribution in [0.3, 0.4) is 0 Å². The average Bonchev–Trinajstić information content (AvgIpc) is 3.68. The molecule has 0 aliphatic rings. The minimum absolute atomic E-state index is 0.0366. The summed E-state index contributed by atoms with van der Waals surface area (Å²) in [7, 11) is 0. The predicted molar refractivity (Wildman–Crippen MR) is 145 cm³/mol. The van der Waals surface area contributed by atoms with E-state index in [4.69, 9.17) is 14.9 Å². The molecule has 11 heteroatoms. The number of carbonyl (C=O) groups is 1. The first kappa shape index (κ1) is 24.0. The molecule has 11 nitrogen and oxygen atoms in total. The van der Waals surface area contributed by atoms with Crippen molar-refractivity contribution in [1.29, 1.82) is 0 Å². The van der Waals surface area contributed by atoms with E-state index in [0.29, 0.717) is 40.2 Å². The normalized spacial score (nSPS) is 11.4. The lowest BCUT2D eigenvalue weighted by Gasteiger charge is -2.09. The number of fused-ring (bicyclic) bond motifs is 1. The lowest BCUT2D eigenvalue weighted by molar-refractivity contribution is -0.116. The number of carbonyl (C=O) groups excluding carboxylic acids is 1. The maximum Gasteiger partial charge on any atom is 0.258 e. The van der Waals surface area contributed by atoms with Gasteiger partial charge in [0.2, 0.25) is 11.7 Å². The van der Waals surface area contributed by atoms with Gasteiger partial charge in [0.05, 0.1) is 11.0 Å². The number of imidazole rings is 1. The summed E-state index contributed by atoms with van der Waals surface area (Å²) in [5, 5.41) is 14.6. The molecule has 0 unspecified atom stereocenters. The Labute approximate surface area is 222 Å². The lowest BCUT2D eigenvalue weighted by Crippen LogP contribution is -2.19.